The number of fused-ring (bicyclic) bond motifs is 2. The topological polar surface area (TPSA) is 157 Å². The van der Waals surface area contributed by atoms with Gasteiger partial charge < -0.3 is 27.8 Å². The number of hydrogen-bond acceptors (Lipinski definition) is 9. The normalized spacial score (nSPS) is 34.7. The zero-order chi connectivity index (χ0) is 36.2. The van der Waals surface area contributed by atoms with E-state index < -0.39 is 84.1 Å². The Labute approximate surface area is 295 Å². The maximum Gasteiger partial charge on any atom is 0.292 e. The number of likely N-dealkylation sites (N-methyl/N-ethyl adjacent to an activating group) is 1. The average molecular weight is 749 g/mol. The van der Waals surface area contributed by atoms with Gasteiger partial charge in [0.05, 0.1) is 33.3 Å². The molecule has 0 aromatic carbocycles. The van der Waals surface area contributed by atoms with E-state index in [1.54, 1.807) is 7.05 Å². The standard InChI is InChI=1S/C33H43ClF6N8OS/c1-12-46-32-22(50-12)10-17(16-3-4-20(34)25(31(42)43)28(16)44-2)27(48-32)21(7-13-5-14(35)8-15(36)6-13)47-23(49)11-45-29-24(26(41)30(37)38)18-9-19(18)33(29,39)40/h10,13-16,18-21,25,28,30-31,44H,3-9,11,41-43H2,1-2H3,(H,47,49)/t13?,14?,15?,16?,18-,19+,20?,21?,25?,28?/m0/s1. The molecule has 8 N–H and O–H groups in total. The van der Waals surface area contributed by atoms with Gasteiger partial charge in [0.1, 0.15) is 24.6 Å². The average Bonchev–Trinajstić information content (AvgIpc) is 3.69. The van der Waals surface area contributed by atoms with Gasteiger partial charge in [-0.2, -0.15) is 8.78 Å². The maximum absolute atomic E-state index is 15.2. The summed E-state index contributed by atoms with van der Waals surface area (Å²) in [6, 6.07) is 0.723. The van der Waals surface area contributed by atoms with Crippen LogP contribution in [0.5, 0.6) is 0 Å². The fraction of sp³-hybridized carbons (Fsp3) is 0.697. The molecule has 2 heterocycles. The van der Waals surface area contributed by atoms with Crippen LogP contribution in [0.2, 0.25) is 0 Å². The van der Waals surface area contributed by atoms with Crippen LogP contribution >= 0.6 is 22.9 Å². The van der Waals surface area contributed by atoms with E-state index in [4.69, 9.17) is 33.8 Å². The number of rotatable bonds is 10. The van der Waals surface area contributed by atoms with E-state index >= 15 is 8.78 Å². The van der Waals surface area contributed by atoms with Crippen molar-refractivity contribution in [1.82, 2.24) is 20.6 Å². The number of hydrogen-bond donors (Lipinski definition) is 5. The highest BCUT2D eigenvalue weighted by Crippen LogP contribution is 2.62. The van der Waals surface area contributed by atoms with E-state index in [2.05, 4.69) is 20.6 Å². The molecule has 6 rings (SSSR count). The molecule has 9 atom stereocenters. The fourth-order valence-electron chi connectivity index (χ4n) is 8.55. The number of thiazole rings is 1. The lowest BCUT2D eigenvalue weighted by Gasteiger charge is -2.43. The summed E-state index contributed by atoms with van der Waals surface area (Å²) in [4.78, 5) is 27.0. The molecule has 0 saturated heterocycles. The Hall–Kier alpha value is -2.53. The molecule has 0 bridgehead atoms. The number of pyridine rings is 1. The molecule has 0 radical (unpaired) electrons. The smallest absolute Gasteiger partial charge is 0.292 e. The fourth-order valence-corrected chi connectivity index (χ4v) is 9.82. The summed E-state index contributed by atoms with van der Waals surface area (Å²) in [6.07, 6.45) is -5.43. The molecule has 2 aromatic rings. The van der Waals surface area contributed by atoms with E-state index in [0.717, 1.165) is 15.3 Å². The van der Waals surface area contributed by atoms with Crippen LogP contribution < -0.4 is 27.8 Å². The molecule has 0 spiro atoms. The SMILES string of the molecule is CNC1C(c2cc3sc(C)nc3nc2C(CC2CC(F)CC(F)C2)NC(=O)CN=C2C(=C(N)C(F)F)[C@H]3C[C@H]3C2(F)F)CCC(Cl)C1C(N)N. The van der Waals surface area contributed by atoms with Crippen LogP contribution in [0.25, 0.3) is 10.3 Å². The molecule has 17 heteroatoms. The number of aromatic nitrogens is 2. The first-order chi connectivity index (χ1) is 23.6. The van der Waals surface area contributed by atoms with Crippen molar-refractivity contribution in [1.29, 1.82) is 0 Å². The highest BCUT2D eigenvalue weighted by atomic mass is 35.5. The number of alkyl halides is 7. The first-order valence-corrected chi connectivity index (χ1v) is 18.2. The van der Waals surface area contributed by atoms with Crippen LogP contribution in [0, 0.1) is 30.6 Å². The van der Waals surface area contributed by atoms with Crippen molar-refractivity contribution < 1.29 is 31.1 Å². The Balaban J connectivity index is 1.39. The zero-order valence-electron chi connectivity index (χ0n) is 27.7. The molecular formula is C33H43ClF6N8OS. The van der Waals surface area contributed by atoms with Crippen molar-refractivity contribution >= 4 is 44.9 Å². The lowest BCUT2D eigenvalue weighted by atomic mass is 9.71. The van der Waals surface area contributed by atoms with Crippen molar-refractivity contribution in [3.05, 3.63) is 33.6 Å². The van der Waals surface area contributed by atoms with Crippen molar-refractivity contribution in [2.45, 2.75) is 106 Å². The van der Waals surface area contributed by atoms with Crippen LogP contribution in [0.3, 0.4) is 0 Å². The van der Waals surface area contributed by atoms with Gasteiger partial charge in [-0.3, -0.25) is 9.79 Å². The number of carbonyl (C=O) groups is 1. The van der Waals surface area contributed by atoms with Gasteiger partial charge in [0, 0.05) is 41.2 Å². The molecule has 0 aliphatic heterocycles. The van der Waals surface area contributed by atoms with Crippen molar-refractivity contribution in [2.24, 2.45) is 45.9 Å². The second-order valence-electron chi connectivity index (χ2n) is 14.2. The summed E-state index contributed by atoms with van der Waals surface area (Å²) in [5.74, 6) is -7.40. The number of aliphatic imine (C=N–C) groups is 1. The van der Waals surface area contributed by atoms with Gasteiger partial charge in [0.2, 0.25) is 5.91 Å². The summed E-state index contributed by atoms with van der Waals surface area (Å²) in [7, 11) is 1.78. The number of allylic oxidation sites excluding steroid dienone is 2. The monoisotopic (exact) mass is 748 g/mol. The second-order valence-corrected chi connectivity index (χ2v) is 16.0. The van der Waals surface area contributed by atoms with Crippen LogP contribution in [0.4, 0.5) is 26.3 Å². The Morgan fingerprint density at radius 3 is 2.46 bits per heavy atom. The van der Waals surface area contributed by atoms with Crippen molar-refractivity contribution in [3.8, 4) is 0 Å². The number of nitrogens with zero attached hydrogens (tertiary/aromatic N) is 3. The zero-order valence-corrected chi connectivity index (χ0v) is 29.3. The van der Waals surface area contributed by atoms with E-state index in [-0.39, 0.29) is 55.4 Å². The van der Waals surface area contributed by atoms with E-state index in [1.165, 1.54) is 11.3 Å². The van der Waals surface area contributed by atoms with Gasteiger partial charge in [0.15, 0.2) is 5.65 Å². The molecule has 276 valence electrons. The molecule has 9 nitrogen and oxygen atoms in total. The number of nitrogens with one attached hydrogen (secondary N) is 2. The first-order valence-electron chi connectivity index (χ1n) is 17.0. The lowest BCUT2D eigenvalue weighted by Crippen LogP contribution is -2.57. The van der Waals surface area contributed by atoms with Gasteiger partial charge >= 0.3 is 0 Å². The molecule has 50 heavy (non-hydrogen) atoms. The minimum atomic E-state index is -3.51. The predicted octanol–water partition coefficient (Wildman–Crippen LogP) is 5.16. The molecule has 4 fully saturated rings. The molecule has 2 aromatic heterocycles. The van der Waals surface area contributed by atoms with Crippen molar-refractivity contribution in [3.63, 3.8) is 0 Å². The highest BCUT2D eigenvalue weighted by Gasteiger charge is 2.67. The summed E-state index contributed by atoms with van der Waals surface area (Å²) in [6.45, 7) is 1.02. The Morgan fingerprint density at radius 2 is 1.82 bits per heavy atom. The van der Waals surface area contributed by atoms with Crippen LogP contribution in [-0.2, 0) is 4.79 Å². The summed E-state index contributed by atoms with van der Waals surface area (Å²) in [5, 5.41) is 6.63. The third-order valence-corrected chi connectivity index (χ3v) is 12.2. The molecule has 4 aliphatic rings. The second kappa shape index (κ2) is 14.5. The highest BCUT2D eigenvalue weighted by molar-refractivity contribution is 7.18. The number of amides is 1. The van der Waals surface area contributed by atoms with E-state index in [9.17, 15) is 22.4 Å². The third kappa shape index (κ3) is 7.24. The molecule has 4 aliphatic carbocycles. The molecule has 7 unspecified atom stereocenters. The minimum Gasteiger partial charge on any atom is -0.397 e. The number of nitrogens with two attached hydrogens (primary N) is 3. The number of halogens is 7. The maximum atomic E-state index is 15.2. The van der Waals surface area contributed by atoms with E-state index in [0.29, 0.717) is 24.2 Å². The predicted molar refractivity (Wildman–Crippen MR) is 181 cm³/mol. The molecular weight excluding hydrogens is 706 g/mol. The first kappa shape index (κ1) is 37.2. The lowest BCUT2D eigenvalue weighted by molar-refractivity contribution is -0.120. The van der Waals surface area contributed by atoms with Crippen LogP contribution in [0.1, 0.15) is 73.2 Å². The van der Waals surface area contributed by atoms with Gasteiger partial charge in [-0.1, -0.05) is 0 Å². The Bertz CT molecular complexity index is 1650. The number of carbonyl (C=O) groups excluding carboxylic acids is 1. The van der Waals surface area contributed by atoms with Crippen LogP contribution in [-0.4, -0.2) is 77.5 Å². The molecule has 1 amide bonds. The van der Waals surface area contributed by atoms with Gasteiger partial charge in [-0.05, 0) is 76.0 Å². The Morgan fingerprint density at radius 1 is 1.12 bits per heavy atom. The van der Waals surface area contributed by atoms with Gasteiger partial charge in [-0.25, -0.2) is 27.5 Å². The van der Waals surface area contributed by atoms with Gasteiger partial charge in [-0.15, -0.1) is 22.9 Å². The van der Waals surface area contributed by atoms with E-state index in [1.807, 2.05) is 13.0 Å². The quantitative estimate of drug-likeness (QED) is 0.128. The Kier molecular flexibility index (Phi) is 10.8. The summed E-state index contributed by atoms with van der Waals surface area (Å²) in [5.41, 5.74) is 17.3. The molecule has 4 saturated carbocycles. The largest absolute Gasteiger partial charge is 0.397 e. The van der Waals surface area contributed by atoms with Crippen LogP contribution in [0.15, 0.2) is 22.3 Å². The number of aryl methyl sites for hydroxylation is 1. The summed E-state index contributed by atoms with van der Waals surface area (Å²) < 4.78 is 87.4. The van der Waals surface area contributed by atoms with Gasteiger partial charge in [0.25, 0.3) is 12.3 Å². The minimum absolute atomic E-state index is 0.0116. The van der Waals surface area contributed by atoms with Crippen molar-refractivity contribution in [2.75, 3.05) is 13.6 Å². The summed E-state index contributed by atoms with van der Waals surface area (Å²) >= 11 is 8.16. The third-order valence-electron chi connectivity index (χ3n) is 10.8.